The van der Waals surface area contributed by atoms with Crippen LogP contribution in [0.25, 0.3) is 0 Å². The van der Waals surface area contributed by atoms with Gasteiger partial charge in [-0.3, -0.25) is 14.7 Å². The fraction of sp³-hybridized carbons (Fsp3) is 0.579. The standard InChI is InChI=1S/C19H25Cl2N5O/c20-15-2-1-14(11-16(15)21)26-8-3-17(24-26)23-18(27)12-25-9-5-19(6-10-25)4-7-22-13-19/h1-2,11,22H,3-10,12-13H2,(H,23,24,27). The van der Waals surface area contributed by atoms with Gasteiger partial charge in [-0.2, -0.15) is 5.10 Å². The molecule has 1 aromatic carbocycles. The summed E-state index contributed by atoms with van der Waals surface area (Å²) in [6, 6.07) is 5.43. The number of hydrogen-bond donors (Lipinski definition) is 2. The highest BCUT2D eigenvalue weighted by molar-refractivity contribution is 6.42. The molecule has 8 heteroatoms. The third-order valence-electron chi connectivity index (χ3n) is 5.90. The minimum atomic E-state index is 0.0187. The summed E-state index contributed by atoms with van der Waals surface area (Å²) in [5, 5.41) is 13.8. The first-order valence-electron chi connectivity index (χ1n) is 9.56. The number of amidine groups is 1. The van der Waals surface area contributed by atoms with E-state index in [4.69, 9.17) is 23.2 Å². The molecule has 3 heterocycles. The maximum Gasteiger partial charge on any atom is 0.239 e. The van der Waals surface area contributed by atoms with E-state index >= 15 is 0 Å². The molecule has 1 amide bonds. The highest BCUT2D eigenvalue weighted by atomic mass is 35.5. The third-order valence-corrected chi connectivity index (χ3v) is 6.64. The van der Waals surface area contributed by atoms with E-state index in [1.54, 1.807) is 12.1 Å². The van der Waals surface area contributed by atoms with E-state index in [0.717, 1.165) is 31.9 Å². The number of carbonyl (C=O) groups is 1. The Balaban J connectivity index is 1.28. The van der Waals surface area contributed by atoms with E-state index in [0.29, 0.717) is 40.8 Å². The van der Waals surface area contributed by atoms with Gasteiger partial charge in [0.1, 0.15) is 5.84 Å². The van der Waals surface area contributed by atoms with Crippen molar-refractivity contribution in [2.75, 3.05) is 44.3 Å². The van der Waals surface area contributed by atoms with Crippen molar-refractivity contribution in [1.82, 2.24) is 15.5 Å². The first kappa shape index (κ1) is 19.0. The Morgan fingerprint density at radius 1 is 1.19 bits per heavy atom. The highest BCUT2D eigenvalue weighted by Crippen LogP contribution is 2.36. The molecule has 3 aliphatic rings. The maximum atomic E-state index is 12.4. The summed E-state index contributed by atoms with van der Waals surface area (Å²) in [6.45, 7) is 5.42. The zero-order valence-corrected chi connectivity index (χ0v) is 16.8. The molecule has 0 radical (unpaired) electrons. The first-order valence-corrected chi connectivity index (χ1v) is 10.3. The molecule has 0 aromatic heterocycles. The number of halogens is 2. The number of nitrogens with zero attached hydrogens (tertiary/aromatic N) is 3. The molecule has 27 heavy (non-hydrogen) atoms. The Morgan fingerprint density at radius 3 is 2.70 bits per heavy atom. The summed E-state index contributed by atoms with van der Waals surface area (Å²) < 4.78 is 0. The third kappa shape index (κ3) is 4.40. The topological polar surface area (TPSA) is 60.0 Å². The molecule has 0 atom stereocenters. The maximum absolute atomic E-state index is 12.4. The van der Waals surface area contributed by atoms with Crippen LogP contribution in [0.15, 0.2) is 23.3 Å². The number of nitrogens with one attached hydrogen (secondary N) is 2. The van der Waals surface area contributed by atoms with Crippen LogP contribution in [-0.4, -0.2) is 55.9 Å². The number of likely N-dealkylation sites (tertiary alicyclic amines) is 1. The van der Waals surface area contributed by atoms with Crippen molar-refractivity contribution in [3.8, 4) is 0 Å². The molecule has 0 saturated carbocycles. The van der Waals surface area contributed by atoms with Crippen LogP contribution in [0.3, 0.4) is 0 Å². The minimum absolute atomic E-state index is 0.0187. The van der Waals surface area contributed by atoms with Crippen molar-refractivity contribution in [2.24, 2.45) is 10.5 Å². The number of rotatable bonds is 3. The summed E-state index contributed by atoms with van der Waals surface area (Å²) in [5.74, 6) is 0.727. The van der Waals surface area contributed by atoms with Gasteiger partial charge in [0, 0.05) is 19.5 Å². The molecule has 1 spiro atoms. The van der Waals surface area contributed by atoms with Crippen LogP contribution < -0.4 is 15.6 Å². The van der Waals surface area contributed by atoms with Crippen LogP contribution >= 0.6 is 23.2 Å². The van der Waals surface area contributed by atoms with Gasteiger partial charge in [-0.15, -0.1) is 0 Å². The Morgan fingerprint density at radius 2 is 2.00 bits per heavy atom. The second kappa shape index (κ2) is 7.95. The second-order valence-electron chi connectivity index (χ2n) is 7.77. The molecule has 2 N–H and O–H groups in total. The van der Waals surface area contributed by atoms with E-state index in [2.05, 4.69) is 20.6 Å². The largest absolute Gasteiger partial charge is 0.316 e. The van der Waals surface area contributed by atoms with Crippen molar-refractivity contribution in [2.45, 2.75) is 25.7 Å². The molecule has 2 fully saturated rings. The van der Waals surface area contributed by atoms with E-state index in [1.807, 2.05) is 11.1 Å². The van der Waals surface area contributed by atoms with E-state index in [1.165, 1.54) is 19.3 Å². The lowest BCUT2D eigenvalue weighted by molar-refractivity contribution is -0.121. The number of carbonyl (C=O) groups excluding carboxylic acids is 1. The van der Waals surface area contributed by atoms with Crippen LogP contribution in [0.2, 0.25) is 10.0 Å². The molecule has 146 valence electrons. The Kier molecular flexibility index (Phi) is 5.60. The molecule has 2 saturated heterocycles. The molecule has 6 nitrogen and oxygen atoms in total. The zero-order valence-electron chi connectivity index (χ0n) is 15.3. The number of anilines is 1. The molecule has 3 aliphatic heterocycles. The Bertz CT molecular complexity index is 738. The van der Waals surface area contributed by atoms with Crippen LogP contribution in [0.5, 0.6) is 0 Å². The van der Waals surface area contributed by atoms with E-state index in [-0.39, 0.29) is 5.91 Å². The smallest absolute Gasteiger partial charge is 0.239 e. The lowest BCUT2D eigenvalue weighted by Crippen LogP contribution is -2.46. The van der Waals surface area contributed by atoms with Crippen LogP contribution in [-0.2, 0) is 4.79 Å². The normalized spacial score (nSPS) is 22.3. The van der Waals surface area contributed by atoms with Gasteiger partial charge in [0.25, 0.3) is 0 Å². The number of hydrogen-bond acceptors (Lipinski definition) is 5. The van der Waals surface area contributed by atoms with Crippen molar-refractivity contribution in [3.05, 3.63) is 28.2 Å². The van der Waals surface area contributed by atoms with Gasteiger partial charge in [-0.1, -0.05) is 23.2 Å². The van der Waals surface area contributed by atoms with E-state index in [9.17, 15) is 4.79 Å². The zero-order chi connectivity index (χ0) is 18.9. The lowest BCUT2D eigenvalue weighted by Gasteiger charge is -2.38. The van der Waals surface area contributed by atoms with Crippen molar-refractivity contribution in [3.63, 3.8) is 0 Å². The second-order valence-corrected chi connectivity index (χ2v) is 8.58. The molecular formula is C19H25Cl2N5O. The minimum Gasteiger partial charge on any atom is -0.316 e. The quantitative estimate of drug-likeness (QED) is 0.805. The fourth-order valence-corrected chi connectivity index (χ4v) is 4.48. The fourth-order valence-electron chi connectivity index (χ4n) is 4.19. The van der Waals surface area contributed by atoms with Crippen LogP contribution in [0.1, 0.15) is 25.7 Å². The number of amides is 1. The lowest BCUT2D eigenvalue weighted by atomic mass is 9.78. The van der Waals surface area contributed by atoms with Gasteiger partial charge in [-0.25, -0.2) is 0 Å². The molecule has 0 bridgehead atoms. The van der Waals surface area contributed by atoms with Gasteiger partial charge >= 0.3 is 0 Å². The summed E-state index contributed by atoms with van der Waals surface area (Å²) in [4.78, 5) is 14.7. The Labute approximate surface area is 169 Å². The van der Waals surface area contributed by atoms with Gasteiger partial charge in [-0.05, 0) is 62.5 Å². The van der Waals surface area contributed by atoms with Gasteiger partial charge in [0.2, 0.25) is 5.91 Å². The van der Waals surface area contributed by atoms with Crippen LogP contribution in [0.4, 0.5) is 5.69 Å². The first-order chi connectivity index (χ1) is 13.0. The average molecular weight is 410 g/mol. The predicted octanol–water partition coefficient (Wildman–Crippen LogP) is 2.71. The average Bonchev–Trinajstić information content (AvgIpc) is 3.30. The Hall–Kier alpha value is -1.34. The summed E-state index contributed by atoms with van der Waals surface area (Å²) in [5.41, 5.74) is 1.35. The summed E-state index contributed by atoms with van der Waals surface area (Å²) in [7, 11) is 0. The van der Waals surface area contributed by atoms with Crippen molar-refractivity contribution in [1.29, 1.82) is 0 Å². The summed E-state index contributed by atoms with van der Waals surface area (Å²) >= 11 is 12.0. The molecule has 4 rings (SSSR count). The summed E-state index contributed by atoms with van der Waals surface area (Å²) in [6.07, 6.45) is 4.34. The molecule has 1 aromatic rings. The van der Waals surface area contributed by atoms with Crippen LogP contribution in [0, 0.1) is 5.41 Å². The van der Waals surface area contributed by atoms with Gasteiger partial charge in [0.15, 0.2) is 0 Å². The monoisotopic (exact) mass is 409 g/mol. The predicted molar refractivity (Wildman–Crippen MR) is 110 cm³/mol. The van der Waals surface area contributed by atoms with Gasteiger partial charge in [0.05, 0.1) is 22.3 Å². The molecule has 0 aliphatic carbocycles. The van der Waals surface area contributed by atoms with Gasteiger partial charge < -0.3 is 10.6 Å². The van der Waals surface area contributed by atoms with Crippen molar-refractivity contribution >= 4 is 40.6 Å². The number of hydrazone groups is 1. The van der Waals surface area contributed by atoms with E-state index < -0.39 is 0 Å². The number of piperidine rings is 1. The molecule has 0 unspecified atom stereocenters. The van der Waals surface area contributed by atoms with Crippen molar-refractivity contribution < 1.29 is 4.79 Å². The molecular weight excluding hydrogens is 385 g/mol. The number of benzene rings is 1. The highest BCUT2D eigenvalue weighted by Gasteiger charge is 2.37. The SMILES string of the molecule is O=C(CN1CCC2(CCNC2)CC1)NC1=NN(c2ccc(Cl)c(Cl)c2)CC1.